The maximum absolute atomic E-state index is 14.6. The van der Waals surface area contributed by atoms with Gasteiger partial charge in [-0.15, -0.1) is 0 Å². The van der Waals surface area contributed by atoms with Crippen molar-refractivity contribution in [3.8, 4) is 17.2 Å². The van der Waals surface area contributed by atoms with Gasteiger partial charge in [0.15, 0.2) is 17.5 Å². The smallest absolute Gasteiger partial charge is 0.348 e. The number of rotatable bonds is 15. The van der Waals surface area contributed by atoms with E-state index in [0.717, 1.165) is 11.8 Å². The highest BCUT2D eigenvalue weighted by atomic mass is 19.2. The molecule has 33 nitrogen and oxygen atoms in total. The molecule has 3 aliphatic heterocycles. The average Bonchev–Trinajstić information content (AvgIpc) is 0.801. The lowest BCUT2D eigenvalue weighted by molar-refractivity contribution is -0.180. The van der Waals surface area contributed by atoms with E-state index in [-0.39, 0.29) is 16.7 Å². The van der Waals surface area contributed by atoms with Gasteiger partial charge in [0.2, 0.25) is 70.9 Å². The summed E-state index contributed by atoms with van der Waals surface area (Å²) in [6.07, 6.45) is -14.7. The Labute approximate surface area is 715 Å². The summed E-state index contributed by atoms with van der Waals surface area (Å²) in [5, 5.41) is 79.7. The number of ether oxygens (including phenoxy) is 4. The first-order chi connectivity index (χ1) is 59.3. The van der Waals surface area contributed by atoms with Gasteiger partial charge < -0.3 is 91.7 Å². The number of halogens is 12. The van der Waals surface area contributed by atoms with Crippen molar-refractivity contribution in [2.75, 3.05) is 7.05 Å². The number of pyridine rings is 3. The fourth-order valence-corrected chi connectivity index (χ4v) is 13.4. The number of aromatic nitrogens is 3. The zero-order valence-electron chi connectivity index (χ0n) is 69.7. The van der Waals surface area contributed by atoms with Crippen LogP contribution in [0, 0.1) is 106 Å². The van der Waals surface area contributed by atoms with Crippen LogP contribution in [0.5, 0.6) is 17.2 Å². The van der Waals surface area contributed by atoms with Crippen molar-refractivity contribution >= 4 is 71.1 Å². The quantitative estimate of drug-likeness (QED) is 0.0291. The third kappa shape index (κ3) is 24.3. The summed E-state index contributed by atoms with van der Waals surface area (Å²) in [7, 11) is 1.28. The van der Waals surface area contributed by atoms with Gasteiger partial charge in [-0.1, -0.05) is 91.8 Å². The third-order valence-electron chi connectivity index (χ3n) is 20.9. The zero-order valence-corrected chi connectivity index (χ0v) is 69.7. The topological polar surface area (TPSA) is 489 Å². The van der Waals surface area contributed by atoms with Crippen LogP contribution in [0.2, 0.25) is 0 Å². The number of para-hydroxylation sites is 3. The average molecular weight is 1810 g/mol. The van der Waals surface area contributed by atoms with E-state index in [1.165, 1.54) is 128 Å². The maximum Gasteiger partial charge on any atom is 0.348 e. The van der Waals surface area contributed by atoms with Gasteiger partial charge in [0.05, 0.1) is 70.9 Å². The van der Waals surface area contributed by atoms with E-state index in [1.807, 2.05) is 0 Å². The number of carbonyl (C=O) groups is 12. The first kappa shape index (κ1) is 101. The molecule has 3 unspecified atom stereocenters. The number of hydrogen-bond acceptors (Lipinski definition) is 25. The molecular formula is C82H91F12N11O22. The minimum atomic E-state index is -2.11. The largest absolute Gasteiger partial charge is 0.507 e. The summed E-state index contributed by atoms with van der Waals surface area (Å²) < 4.78 is 191. The Morgan fingerprint density at radius 1 is 0.386 bits per heavy atom. The minimum Gasteiger partial charge on any atom is -0.507 e. The number of benzene rings is 3. The first-order valence-electron chi connectivity index (χ1n) is 39.0. The number of cyclic esters (lactones) is 4. The molecule has 3 fully saturated rings. The van der Waals surface area contributed by atoms with E-state index in [0.29, 0.717) is 0 Å². The number of nitrogens with one attached hydrogen (secondary N) is 7. The number of phenolic OH excluding ortho intramolecular Hbond substituents is 3. The Morgan fingerprint density at radius 2 is 0.693 bits per heavy atom. The van der Waals surface area contributed by atoms with Gasteiger partial charge >= 0.3 is 23.9 Å². The van der Waals surface area contributed by atoms with Crippen LogP contribution >= 0.6 is 0 Å². The molecule has 690 valence electrons. The van der Waals surface area contributed by atoms with E-state index < -0.39 is 321 Å². The van der Waals surface area contributed by atoms with Crippen LogP contribution in [0.25, 0.3) is 0 Å². The second-order valence-corrected chi connectivity index (χ2v) is 31.0. The summed E-state index contributed by atoms with van der Waals surface area (Å²) in [5.41, 5.74) is -4.16. The summed E-state index contributed by atoms with van der Waals surface area (Å²) in [4.78, 5) is 167. The molecule has 8 amide bonds. The zero-order chi connectivity index (χ0) is 95.3. The van der Waals surface area contributed by atoms with Crippen LogP contribution in [0.3, 0.4) is 0 Å². The first-order valence-corrected chi connectivity index (χ1v) is 39.0. The number of aromatic hydroxyl groups is 3. The number of nitrogens with zero attached hydrogens (tertiary/aromatic N) is 4. The van der Waals surface area contributed by atoms with Crippen molar-refractivity contribution in [2.24, 2.45) is 35.5 Å². The molecule has 0 aliphatic carbocycles. The van der Waals surface area contributed by atoms with Gasteiger partial charge in [-0.05, 0) is 75.9 Å². The molecule has 3 saturated heterocycles. The Morgan fingerprint density at radius 3 is 1.01 bits per heavy atom. The highest BCUT2D eigenvalue weighted by Crippen LogP contribution is 2.30. The van der Waals surface area contributed by atoms with E-state index in [2.05, 4.69) is 52.2 Å². The SMILES string of the molecule is CC(C)C1C(=O)O[C@H](C)[C@H](NC(=O)c2ccccc2O)C(=O)N[C@@H](Cc2c(F)nc(F)c(F)c2F)[C@@H](O)[C@@H](C)C(=O)N1C.CC(C)C1NC(=O)[C@H](C)[C@H](O)[C@H](Cc2c(F)nc(F)c(F)c2F)NC(=O)[C@@H](NC(=O)c2ccccc2O)[C@@H](C)OC1=O.CC(C)C1OC(=O)[C@H](C)[C@H](O)[C@H](Cc2c(F)nc(F)c(F)c2F)NC(=O)[C@@H](NC(=O)c2ccccc2O)[C@@H](C)OC1=O. The molecule has 3 aliphatic rings. The summed E-state index contributed by atoms with van der Waals surface area (Å²) in [6, 6.07) is 3.06. The fraction of sp³-hybridized carbons (Fsp3) is 0.451. The predicted molar refractivity (Wildman–Crippen MR) is 412 cm³/mol. The van der Waals surface area contributed by atoms with Gasteiger partial charge in [-0.3, -0.25) is 43.2 Å². The van der Waals surface area contributed by atoms with E-state index >= 15 is 0 Å². The van der Waals surface area contributed by atoms with Crippen LogP contribution in [0.15, 0.2) is 72.8 Å². The van der Waals surface area contributed by atoms with Crippen LogP contribution in [-0.4, -0.2) is 220 Å². The number of phenols is 3. The Bertz CT molecular complexity index is 4940. The van der Waals surface area contributed by atoms with Crippen LogP contribution in [-0.2, 0) is 81.4 Å². The highest BCUT2D eigenvalue weighted by Gasteiger charge is 2.47. The number of aliphatic hydroxyl groups excluding tert-OH is 3. The number of likely N-dealkylation sites (N-methyl/N-ethyl adjacent to an activating group) is 1. The molecule has 13 N–H and O–H groups in total. The molecule has 18 atom stereocenters. The predicted octanol–water partition coefficient (Wildman–Crippen LogP) is 4.53. The number of carbonyl (C=O) groups excluding carboxylic acids is 12. The van der Waals surface area contributed by atoms with E-state index in [9.17, 15) is 141 Å². The second-order valence-electron chi connectivity index (χ2n) is 31.0. The molecule has 127 heavy (non-hydrogen) atoms. The second kappa shape index (κ2) is 43.4. The Balaban J connectivity index is 0.000000261. The molecular weight excluding hydrogens is 1720 g/mol. The Hall–Kier alpha value is -12.8. The molecule has 0 radical (unpaired) electrons. The van der Waals surface area contributed by atoms with Gasteiger partial charge in [0.1, 0.15) is 65.8 Å². The van der Waals surface area contributed by atoms with Crippen molar-refractivity contribution in [2.45, 2.75) is 193 Å². The van der Waals surface area contributed by atoms with Crippen molar-refractivity contribution in [3.63, 3.8) is 0 Å². The maximum atomic E-state index is 14.6. The van der Waals surface area contributed by atoms with Gasteiger partial charge in [0.25, 0.3) is 35.6 Å². The highest BCUT2D eigenvalue weighted by molar-refractivity contribution is 6.02. The van der Waals surface area contributed by atoms with Crippen molar-refractivity contribution in [1.82, 2.24) is 57.1 Å². The van der Waals surface area contributed by atoms with Crippen LogP contribution in [0.1, 0.15) is 131 Å². The van der Waals surface area contributed by atoms with Crippen LogP contribution < -0.4 is 37.2 Å². The lowest BCUT2D eigenvalue weighted by atomic mass is 9.90. The molecule has 6 heterocycles. The van der Waals surface area contributed by atoms with Gasteiger partial charge in [-0.25, -0.2) is 27.6 Å². The molecule has 0 spiro atoms. The number of hydrogen-bond donors (Lipinski definition) is 13. The lowest BCUT2D eigenvalue weighted by Crippen LogP contribution is -2.61. The standard InChI is InChI=1S/C28H32F4N4O7.C27H30F4N4O7.C27H29F4N3O8/c1-11(2)21-28(42)43-13(4)20(34-25(39)14-8-6-7-9-17(14)37)26(40)33-16(22(38)12(3)27(41)36(21)5)10-15-18(29)19(30)24(32)35-23(15)31;1-10(2)19-27(41)42-12(4)20(34-25(39)13-7-5-6-8-16(13)36)26(40)32-15(21(37)11(3)24(38)33-19)9-14-17(28)18(29)23(31)35-22(14)30;1-10(2)21-27(40)41-12(4)19(33-24(37)13-7-5-6-8-16(13)35)25(38)32-15(20(36)11(3)26(39)42-21)9-14-17(28)18(29)23(31)34-22(14)30/h6-9,11-13,16,20-22,37-38H,10H2,1-5H3,(H,33,40)(H,34,39);5-8,10-12,15,19-21,36-37H,9H2,1-4H3,(H,32,40)(H,33,38)(H,34,39);5-8,10-12,15,19-21,35-36H,9H2,1-4H3,(H,32,38)(H,33,37)/t12-,13-,16+,20+,21?,22+;11-,12-,15+,19?,20+,21+;11-,12-,15+,19+,20+,21?/m111/s1. The van der Waals surface area contributed by atoms with Crippen molar-refractivity contribution in [3.05, 3.63) is 177 Å². The third-order valence-corrected chi connectivity index (χ3v) is 20.9. The molecule has 3 aromatic heterocycles. The Kier molecular flexibility index (Phi) is 34.6. The van der Waals surface area contributed by atoms with Gasteiger partial charge in [-0.2, -0.15) is 54.5 Å². The molecule has 0 bridgehead atoms. The molecule has 6 aromatic rings. The summed E-state index contributed by atoms with van der Waals surface area (Å²) in [6.45, 7) is 16.7. The van der Waals surface area contributed by atoms with E-state index in [4.69, 9.17) is 18.9 Å². The van der Waals surface area contributed by atoms with Crippen molar-refractivity contribution in [1.29, 1.82) is 0 Å². The minimum absolute atomic E-state index is 0.243. The number of esters is 4. The van der Waals surface area contributed by atoms with E-state index in [1.54, 1.807) is 27.7 Å². The monoisotopic (exact) mass is 1810 g/mol. The molecule has 0 saturated carbocycles. The lowest BCUT2D eigenvalue weighted by Gasteiger charge is -2.37. The van der Waals surface area contributed by atoms with Crippen LogP contribution in [0.4, 0.5) is 52.7 Å². The molecule has 3 aromatic carbocycles. The number of aliphatic hydroxyl groups is 3. The van der Waals surface area contributed by atoms with Crippen molar-refractivity contribution < 1.29 is 160 Å². The van der Waals surface area contributed by atoms with Gasteiger partial charge in [0, 0.05) is 48.9 Å². The number of amides is 8. The molecule has 45 heteroatoms. The normalized spacial score (nSPS) is 25.5. The fourth-order valence-electron chi connectivity index (χ4n) is 13.4. The molecule has 9 rings (SSSR count). The summed E-state index contributed by atoms with van der Waals surface area (Å²) >= 11 is 0. The summed E-state index contributed by atoms with van der Waals surface area (Å²) in [5.74, 6) is -43.2.